The molecule has 1 fully saturated rings. The lowest BCUT2D eigenvalue weighted by atomic mass is 10.0. The molecule has 1 saturated heterocycles. The number of benzene rings is 7. The molecule has 7 aromatic carbocycles. The molecule has 29 heteroatoms. The number of aromatic nitrogens is 12. The summed E-state index contributed by atoms with van der Waals surface area (Å²) in [6.07, 6.45) is 15.4. The van der Waals surface area contributed by atoms with E-state index < -0.39 is 0 Å². The Morgan fingerprint density at radius 1 is 0.416 bits per heavy atom. The van der Waals surface area contributed by atoms with Crippen LogP contribution in [-0.2, 0) is 26.1 Å². The Morgan fingerprint density at radius 3 is 1.29 bits per heavy atom. The van der Waals surface area contributed by atoms with Gasteiger partial charge >= 0.3 is 0 Å². The Kier molecular flexibility index (Phi) is 32.3. The van der Waals surface area contributed by atoms with Crippen molar-refractivity contribution >= 4 is 32.7 Å². The maximum atomic E-state index is 9.21. The number of ether oxygens (including phenoxy) is 8. The summed E-state index contributed by atoms with van der Waals surface area (Å²) in [4.78, 5) is 39.8. The minimum absolute atomic E-state index is 0.0951. The number of likely N-dealkylation sites (tertiary alicyclic amines) is 1. The summed E-state index contributed by atoms with van der Waals surface area (Å²) in [6, 6.07) is 42.9. The van der Waals surface area contributed by atoms with Gasteiger partial charge in [0.15, 0.2) is 46.0 Å². The van der Waals surface area contributed by atoms with E-state index in [2.05, 4.69) is 158 Å². The van der Waals surface area contributed by atoms with E-state index in [4.69, 9.17) is 61.0 Å². The van der Waals surface area contributed by atoms with Crippen molar-refractivity contribution in [1.82, 2.24) is 80.5 Å². The van der Waals surface area contributed by atoms with Crippen LogP contribution in [0.1, 0.15) is 117 Å². The second kappa shape index (κ2) is 44.9. The number of hydrogen-bond donors (Lipinski definition) is 5. The van der Waals surface area contributed by atoms with Crippen molar-refractivity contribution in [1.29, 1.82) is 0 Å². The molecule has 0 radical (unpaired) electrons. The first-order chi connectivity index (χ1) is 61.3. The van der Waals surface area contributed by atoms with E-state index in [9.17, 15) is 5.11 Å². The maximum Gasteiger partial charge on any atom is 0.258 e. The second-order valence-corrected chi connectivity index (χ2v) is 29.7. The Bertz CT molecular complexity index is 5890. The number of aryl methyl sites for hydroxylation is 1. The largest absolute Gasteiger partial charge is 0.490 e. The Balaban J connectivity index is 0.000000144. The topological polar surface area (TPSA) is 332 Å². The van der Waals surface area contributed by atoms with E-state index in [1.807, 2.05) is 146 Å². The number of rotatable bonds is 39. The molecule has 0 unspecified atom stereocenters. The molecule has 16 rings (SSSR count). The summed E-state index contributed by atoms with van der Waals surface area (Å²) in [6.45, 7) is 33.6. The fourth-order valence-corrected chi connectivity index (χ4v) is 14.7. The van der Waals surface area contributed by atoms with Gasteiger partial charge in [-0.1, -0.05) is 46.6 Å². The number of H-pyrrole nitrogens is 3. The fraction of sp³-hybridized carbons (Fsp3) is 0.365. The van der Waals surface area contributed by atoms with Crippen molar-refractivity contribution < 1.29 is 61.1 Å². The quantitative estimate of drug-likeness (QED) is 0.0223. The van der Waals surface area contributed by atoms with Gasteiger partial charge in [-0.15, -0.1) is 0 Å². The molecule has 15 aromatic rings. The van der Waals surface area contributed by atoms with Crippen molar-refractivity contribution in [3.63, 3.8) is 0 Å². The summed E-state index contributed by atoms with van der Waals surface area (Å²) in [5, 5.41) is 33.1. The first-order valence-electron chi connectivity index (χ1n) is 43.4. The number of nitrogens with zero attached hydrogens (tertiary/aromatic N) is 12. The minimum atomic E-state index is -0.0951. The normalized spacial score (nSPS) is 12.0. The van der Waals surface area contributed by atoms with Crippen LogP contribution in [-0.4, -0.2) is 193 Å². The standard InChI is InChI=1S/C27H35N5O3.C26H32N4O3.C25H28N4O3.C18H19N3O4/c1-5-32(6-2)14-13-28-17-21-18-29-23-11-9-19(15-22(21)23)26-30-27(35-31-26)20-10-12-24(33-7-3)25(16-20)34-8-4;1-5-31-22-14-13-18(16-23(22)32-6-2)26-28-25(29-33-26)20-11-9-12-21-24(20)19(17-27-21)10-7-8-15-30(3)4;1-3-30-22-10-8-18(14-23(22)31-4-2)25-27-24(28-32-25)17-7-9-21-20(13-17)19(15-26-21)16-29-11-5-6-12-29;1-3-23-15-6-5-13(8-16(15)24-4-2)18-20-17(21-25-18)14-7-12(11-22)9-19-10-14/h9-12,15-16,18,28-29H,5-8,13-14,17H2,1-4H3;9,11-14,16-17,27H,5-8,10,15H2,1-4H3;7-10,13-15,26H,3-6,11-12,16H2,1-2H3;5-10,22H,3-4,11H2,1-2H3. The summed E-state index contributed by atoms with van der Waals surface area (Å²) in [5.41, 5.74) is 14.4. The lowest BCUT2D eigenvalue weighted by Gasteiger charge is -2.17. The van der Waals surface area contributed by atoms with Crippen LogP contribution in [0, 0.1) is 0 Å². The Labute approximate surface area is 728 Å². The van der Waals surface area contributed by atoms with Crippen LogP contribution in [0.2, 0.25) is 0 Å². The molecule has 8 aromatic heterocycles. The predicted molar refractivity (Wildman–Crippen MR) is 485 cm³/mol. The van der Waals surface area contributed by atoms with Crippen LogP contribution in [0.15, 0.2) is 183 Å². The second-order valence-electron chi connectivity index (χ2n) is 29.7. The highest BCUT2D eigenvalue weighted by molar-refractivity contribution is 5.96. The highest BCUT2D eigenvalue weighted by Gasteiger charge is 2.23. The lowest BCUT2D eigenvalue weighted by Crippen LogP contribution is -2.31. The highest BCUT2D eigenvalue weighted by atomic mass is 16.5. The van der Waals surface area contributed by atoms with Crippen molar-refractivity contribution in [3.05, 3.63) is 187 Å². The molecule has 0 aliphatic carbocycles. The van der Waals surface area contributed by atoms with Crippen LogP contribution in [0.4, 0.5) is 0 Å². The molecular weight excluding hydrogens is 1590 g/mol. The summed E-state index contributed by atoms with van der Waals surface area (Å²) >= 11 is 0. The summed E-state index contributed by atoms with van der Waals surface area (Å²) in [5.74, 6) is 9.26. The van der Waals surface area contributed by atoms with Gasteiger partial charge in [-0.2, -0.15) is 19.9 Å². The zero-order chi connectivity index (χ0) is 87.4. The van der Waals surface area contributed by atoms with Gasteiger partial charge in [0.1, 0.15) is 0 Å². The summed E-state index contributed by atoms with van der Waals surface area (Å²) < 4.78 is 67.6. The SMILES string of the molecule is CCOc1ccc(-c2nc(-c3ccc4[nH]cc(CN5CCCC5)c4c3)no2)cc1OCC.CCOc1ccc(-c2nc(-c3ccc4[nH]cc(CNCCN(CC)CC)c4c3)no2)cc1OCC.CCOc1ccc(-c2nc(-c3cccc4[nH]cc(CCCCN(C)C)c34)no2)cc1OCC.CCOc1ccc(-c2nc(-c3cncc(CO)c3)no2)cc1OCC. The minimum Gasteiger partial charge on any atom is -0.490 e. The van der Waals surface area contributed by atoms with Crippen LogP contribution >= 0.6 is 0 Å². The van der Waals surface area contributed by atoms with E-state index in [0.29, 0.717) is 157 Å². The average Bonchev–Trinajstić information content (AvgIpc) is 1.65. The number of pyridine rings is 1. The number of unbranched alkanes of at least 4 members (excludes halogenated alkanes) is 1. The smallest absolute Gasteiger partial charge is 0.258 e. The molecule has 0 amide bonds. The zero-order valence-electron chi connectivity index (χ0n) is 73.6. The molecule has 1 aliphatic rings. The number of likely N-dealkylation sites (N-methyl/N-ethyl adjacent to an activating group) is 1. The van der Waals surface area contributed by atoms with Crippen LogP contribution in [0.25, 0.3) is 124 Å². The zero-order valence-corrected chi connectivity index (χ0v) is 73.6. The van der Waals surface area contributed by atoms with Gasteiger partial charge in [-0.25, -0.2) is 0 Å². The lowest BCUT2D eigenvalue weighted by molar-refractivity contribution is 0.281. The van der Waals surface area contributed by atoms with E-state index in [1.54, 1.807) is 18.5 Å². The molecule has 0 saturated carbocycles. The predicted octanol–water partition coefficient (Wildman–Crippen LogP) is 19.0. The Morgan fingerprint density at radius 2 is 0.832 bits per heavy atom. The number of fused-ring (bicyclic) bond motifs is 3. The maximum absolute atomic E-state index is 9.21. The highest BCUT2D eigenvalue weighted by Crippen LogP contribution is 2.40. The number of hydrogen-bond acceptors (Lipinski definition) is 26. The molecule has 1 aliphatic heterocycles. The molecule has 125 heavy (non-hydrogen) atoms. The van der Waals surface area contributed by atoms with E-state index in [1.165, 1.54) is 48.0 Å². The van der Waals surface area contributed by atoms with Crippen molar-refractivity contribution in [2.24, 2.45) is 0 Å². The molecular formula is C96H114N16O13. The monoisotopic (exact) mass is 1700 g/mol. The van der Waals surface area contributed by atoms with Gasteiger partial charge in [-0.3, -0.25) is 9.88 Å². The van der Waals surface area contributed by atoms with E-state index in [0.717, 1.165) is 131 Å². The van der Waals surface area contributed by atoms with E-state index >= 15 is 0 Å². The first-order valence-corrected chi connectivity index (χ1v) is 43.4. The molecule has 0 spiro atoms. The van der Waals surface area contributed by atoms with Gasteiger partial charge in [0.2, 0.25) is 23.3 Å². The Hall–Kier alpha value is -12.9. The van der Waals surface area contributed by atoms with Crippen LogP contribution in [0.5, 0.6) is 46.0 Å². The molecule has 0 atom stereocenters. The number of aliphatic hydroxyl groups is 1. The fourth-order valence-electron chi connectivity index (χ4n) is 14.7. The van der Waals surface area contributed by atoms with Crippen LogP contribution < -0.4 is 43.2 Å². The molecule has 0 bridgehead atoms. The average molecular weight is 1700 g/mol. The van der Waals surface area contributed by atoms with Crippen molar-refractivity contribution in [2.75, 3.05) is 113 Å². The molecule has 5 N–H and O–H groups in total. The van der Waals surface area contributed by atoms with Gasteiger partial charge in [0, 0.05) is 134 Å². The van der Waals surface area contributed by atoms with Gasteiger partial charge in [0.25, 0.3) is 23.6 Å². The van der Waals surface area contributed by atoms with E-state index in [-0.39, 0.29) is 6.61 Å². The van der Waals surface area contributed by atoms with Crippen molar-refractivity contribution in [2.45, 2.75) is 121 Å². The number of aliphatic hydroxyl groups excluding tert-OH is 1. The van der Waals surface area contributed by atoms with Gasteiger partial charge in [-0.05, 0) is 278 Å². The van der Waals surface area contributed by atoms with Crippen LogP contribution in [0.3, 0.4) is 0 Å². The van der Waals surface area contributed by atoms with Crippen molar-refractivity contribution in [3.8, 4) is 137 Å². The molecule has 29 nitrogen and oxygen atoms in total. The number of nitrogens with one attached hydrogen (secondary N) is 4. The third-order valence-corrected chi connectivity index (χ3v) is 20.9. The first kappa shape index (κ1) is 89.8. The number of aromatic amines is 3. The van der Waals surface area contributed by atoms with Gasteiger partial charge < -0.3 is 91.2 Å². The molecule has 656 valence electrons. The molecule has 9 heterocycles. The summed E-state index contributed by atoms with van der Waals surface area (Å²) in [7, 11) is 4.22. The third kappa shape index (κ3) is 23.1. The third-order valence-electron chi connectivity index (χ3n) is 20.9. The van der Waals surface area contributed by atoms with Gasteiger partial charge in [0.05, 0.1) is 59.5 Å².